The van der Waals surface area contributed by atoms with Gasteiger partial charge in [-0.15, -0.1) is 0 Å². The van der Waals surface area contributed by atoms with Crippen LogP contribution in [0.25, 0.3) is 11.0 Å². The Morgan fingerprint density at radius 3 is 2.27 bits per heavy atom. The molecule has 1 amide bonds. The quantitative estimate of drug-likeness (QED) is 0.229. The predicted octanol–water partition coefficient (Wildman–Crippen LogP) is -0.266. The monoisotopic (exact) mass is 513 g/mol. The van der Waals surface area contributed by atoms with Crippen LogP contribution in [0.1, 0.15) is 32.7 Å². The molecule has 3 aromatic rings. The van der Waals surface area contributed by atoms with Gasteiger partial charge in [0.2, 0.25) is 0 Å². The third-order valence-corrected chi connectivity index (χ3v) is 6.17. The number of esters is 1. The number of benzene rings is 2. The molecule has 3 rings (SSSR count). The van der Waals surface area contributed by atoms with Crippen molar-refractivity contribution in [2.45, 2.75) is 51.7 Å². The van der Waals surface area contributed by atoms with Crippen molar-refractivity contribution in [2.75, 3.05) is 13.7 Å². The molecule has 2 aromatic carbocycles. The van der Waals surface area contributed by atoms with Gasteiger partial charge >= 0.3 is 5.97 Å². The number of carbonyl (C=O) groups excluding carboxylic acids is 2. The number of rotatable bonds is 10. The van der Waals surface area contributed by atoms with Crippen LogP contribution in [0, 0.1) is 13.8 Å². The van der Waals surface area contributed by atoms with Crippen molar-refractivity contribution in [3.8, 4) is 0 Å². The average Bonchev–Trinajstić information content (AvgIpc) is 2.89. The van der Waals surface area contributed by atoms with Crippen LogP contribution in [-0.4, -0.2) is 73.9 Å². The maximum atomic E-state index is 13.3. The molecule has 37 heavy (non-hydrogen) atoms. The second-order valence-electron chi connectivity index (χ2n) is 8.86. The number of nitrogens with zero attached hydrogens (tertiary/aromatic N) is 2. The fourth-order valence-corrected chi connectivity index (χ4v) is 3.77. The SMILES string of the molecule is COC(=O)Cc1ccc(CNC(=O)c2nc3cc(C)c(C)cc3n(CC(O)C(O)C(O)CO)c2=O)cc1. The smallest absolute Gasteiger partial charge is 0.309 e. The van der Waals surface area contributed by atoms with Gasteiger partial charge in [0.15, 0.2) is 5.69 Å². The Balaban J connectivity index is 1.90. The van der Waals surface area contributed by atoms with Crippen molar-refractivity contribution in [3.63, 3.8) is 0 Å². The Bertz CT molecular complexity index is 1340. The lowest BCUT2D eigenvalue weighted by Crippen LogP contribution is -2.44. The number of aromatic nitrogens is 2. The molecular weight excluding hydrogens is 482 g/mol. The molecule has 11 nitrogen and oxygen atoms in total. The number of carbonyl (C=O) groups is 2. The maximum absolute atomic E-state index is 13.3. The van der Waals surface area contributed by atoms with Crippen LogP contribution >= 0.6 is 0 Å². The molecule has 0 aliphatic rings. The molecule has 1 aromatic heterocycles. The third-order valence-electron chi connectivity index (χ3n) is 6.17. The highest BCUT2D eigenvalue weighted by Crippen LogP contribution is 2.18. The standard InChI is InChI=1S/C26H31N3O8/c1-14-8-18-19(9-15(14)2)29(12-20(31)24(34)21(32)13-30)26(36)23(28-18)25(35)27-11-17-6-4-16(5-7-17)10-22(33)37-3/h4-9,20-21,24,30-32,34H,10-13H2,1-3H3,(H,27,35). The van der Waals surface area contributed by atoms with E-state index in [1.165, 1.54) is 7.11 Å². The van der Waals surface area contributed by atoms with Crippen LogP contribution in [0.3, 0.4) is 0 Å². The molecular formula is C26H31N3O8. The molecule has 198 valence electrons. The lowest BCUT2D eigenvalue weighted by molar-refractivity contribution is -0.139. The van der Waals surface area contributed by atoms with E-state index in [0.717, 1.165) is 26.8 Å². The van der Waals surface area contributed by atoms with Crippen molar-refractivity contribution in [1.82, 2.24) is 14.9 Å². The number of nitrogens with one attached hydrogen (secondary N) is 1. The number of aliphatic hydroxyl groups is 4. The van der Waals surface area contributed by atoms with E-state index in [2.05, 4.69) is 15.0 Å². The number of amides is 1. The summed E-state index contributed by atoms with van der Waals surface area (Å²) in [5, 5.41) is 41.9. The molecule has 0 aliphatic carbocycles. The predicted molar refractivity (Wildman–Crippen MR) is 134 cm³/mol. The van der Waals surface area contributed by atoms with Crippen molar-refractivity contribution in [1.29, 1.82) is 0 Å². The van der Waals surface area contributed by atoms with Crippen molar-refractivity contribution >= 4 is 22.9 Å². The van der Waals surface area contributed by atoms with Crippen LogP contribution in [0.4, 0.5) is 0 Å². The second-order valence-corrected chi connectivity index (χ2v) is 8.86. The molecule has 3 atom stereocenters. The molecule has 3 unspecified atom stereocenters. The summed E-state index contributed by atoms with van der Waals surface area (Å²) in [5.41, 5.74) is 2.69. The Morgan fingerprint density at radius 1 is 1.03 bits per heavy atom. The van der Waals surface area contributed by atoms with Gasteiger partial charge in [-0.2, -0.15) is 0 Å². The normalized spacial score (nSPS) is 13.7. The number of hydrogen-bond acceptors (Lipinski definition) is 9. The molecule has 0 fully saturated rings. The minimum atomic E-state index is -1.72. The van der Waals surface area contributed by atoms with E-state index in [1.807, 2.05) is 13.8 Å². The molecule has 1 heterocycles. The summed E-state index contributed by atoms with van der Waals surface area (Å²) in [4.78, 5) is 42.0. The zero-order valence-electron chi connectivity index (χ0n) is 20.8. The largest absolute Gasteiger partial charge is 0.469 e. The Kier molecular flexibility index (Phi) is 9.11. The highest BCUT2D eigenvalue weighted by atomic mass is 16.5. The fourth-order valence-electron chi connectivity index (χ4n) is 3.77. The molecule has 11 heteroatoms. The van der Waals surface area contributed by atoms with E-state index in [-0.39, 0.29) is 18.9 Å². The second kappa shape index (κ2) is 12.1. The van der Waals surface area contributed by atoms with Gasteiger partial charge in [-0.1, -0.05) is 24.3 Å². The van der Waals surface area contributed by atoms with Crippen molar-refractivity contribution in [2.24, 2.45) is 0 Å². The number of hydrogen-bond donors (Lipinski definition) is 5. The van der Waals surface area contributed by atoms with Gasteiger partial charge in [0.05, 0.1) is 37.7 Å². The molecule has 0 bridgehead atoms. The highest BCUT2D eigenvalue weighted by Gasteiger charge is 2.27. The summed E-state index contributed by atoms with van der Waals surface area (Å²) in [5.74, 6) is -1.10. The Morgan fingerprint density at radius 2 is 1.65 bits per heavy atom. The lowest BCUT2D eigenvalue weighted by atomic mass is 10.1. The summed E-state index contributed by atoms with van der Waals surface area (Å²) in [6.45, 7) is 2.56. The van der Waals surface area contributed by atoms with Gasteiger partial charge < -0.3 is 35.0 Å². The summed E-state index contributed by atoms with van der Waals surface area (Å²) in [6.07, 6.45) is -4.81. The molecule has 0 aliphatic heterocycles. The van der Waals surface area contributed by atoms with Gasteiger partial charge in [-0.3, -0.25) is 14.4 Å². The summed E-state index contributed by atoms with van der Waals surface area (Å²) in [6, 6.07) is 10.3. The number of methoxy groups -OCH3 is 1. The molecule has 0 radical (unpaired) electrons. The third kappa shape index (κ3) is 6.57. The lowest BCUT2D eigenvalue weighted by Gasteiger charge is -2.23. The summed E-state index contributed by atoms with van der Waals surface area (Å²) < 4.78 is 5.77. The van der Waals surface area contributed by atoms with E-state index in [9.17, 15) is 29.7 Å². The minimum Gasteiger partial charge on any atom is -0.469 e. The Labute approximate surface area is 213 Å². The Hall–Kier alpha value is -3.64. The molecule has 0 saturated heterocycles. The van der Waals surface area contributed by atoms with E-state index in [1.54, 1.807) is 36.4 Å². The first kappa shape index (κ1) is 27.9. The van der Waals surface area contributed by atoms with Gasteiger partial charge in [-0.05, 0) is 48.2 Å². The van der Waals surface area contributed by atoms with E-state index < -0.39 is 48.6 Å². The van der Waals surface area contributed by atoms with Crippen LogP contribution < -0.4 is 10.9 Å². The van der Waals surface area contributed by atoms with E-state index in [4.69, 9.17) is 5.11 Å². The van der Waals surface area contributed by atoms with Crippen LogP contribution in [0.15, 0.2) is 41.2 Å². The number of ether oxygens (including phenoxy) is 1. The van der Waals surface area contributed by atoms with Crippen LogP contribution in [0.2, 0.25) is 0 Å². The fraction of sp³-hybridized carbons (Fsp3) is 0.385. The maximum Gasteiger partial charge on any atom is 0.309 e. The van der Waals surface area contributed by atoms with Crippen LogP contribution in [-0.2, 0) is 29.0 Å². The van der Waals surface area contributed by atoms with Crippen LogP contribution in [0.5, 0.6) is 0 Å². The van der Waals surface area contributed by atoms with E-state index in [0.29, 0.717) is 11.0 Å². The first-order valence-electron chi connectivity index (χ1n) is 11.6. The van der Waals surface area contributed by atoms with E-state index >= 15 is 0 Å². The zero-order chi connectivity index (χ0) is 27.3. The molecule has 0 saturated carbocycles. The zero-order valence-corrected chi connectivity index (χ0v) is 20.8. The van der Waals surface area contributed by atoms with Gasteiger partial charge in [0.1, 0.15) is 18.3 Å². The number of aryl methyl sites for hydroxylation is 2. The average molecular weight is 514 g/mol. The number of aliphatic hydroxyl groups excluding tert-OH is 4. The summed E-state index contributed by atoms with van der Waals surface area (Å²) >= 11 is 0. The summed E-state index contributed by atoms with van der Waals surface area (Å²) in [7, 11) is 1.31. The minimum absolute atomic E-state index is 0.0907. The first-order chi connectivity index (χ1) is 17.5. The van der Waals surface area contributed by atoms with Gasteiger partial charge in [-0.25, -0.2) is 4.98 Å². The molecule has 0 spiro atoms. The number of fused-ring (bicyclic) bond motifs is 1. The topological polar surface area (TPSA) is 171 Å². The highest BCUT2D eigenvalue weighted by molar-refractivity contribution is 5.94. The van der Waals surface area contributed by atoms with Crippen molar-refractivity contribution in [3.05, 3.63) is 74.7 Å². The first-order valence-corrected chi connectivity index (χ1v) is 11.6. The molecule has 5 N–H and O–H groups in total. The van der Waals surface area contributed by atoms with Crippen molar-refractivity contribution < 1.29 is 34.8 Å². The van der Waals surface area contributed by atoms with Gasteiger partial charge in [0, 0.05) is 6.54 Å². The van der Waals surface area contributed by atoms with Gasteiger partial charge in [0.25, 0.3) is 11.5 Å².